The molecule has 0 amide bonds. The summed E-state index contributed by atoms with van der Waals surface area (Å²) in [6.45, 7) is 7.77. The Kier molecular flexibility index (Phi) is 7.88. The smallest absolute Gasteiger partial charge is 0.0258 e. The molecule has 1 saturated heterocycles. The van der Waals surface area contributed by atoms with E-state index in [4.69, 9.17) is 0 Å². The van der Waals surface area contributed by atoms with Gasteiger partial charge < -0.3 is 10.2 Å². The fraction of sp³-hybridized carbons (Fsp3) is 0.571. The van der Waals surface area contributed by atoms with Gasteiger partial charge in [0.25, 0.3) is 0 Å². The first-order valence-corrected chi connectivity index (χ1v) is 6.14. The molecule has 104 valence electrons. The van der Waals surface area contributed by atoms with Crippen molar-refractivity contribution >= 4 is 24.8 Å². The van der Waals surface area contributed by atoms with E-state index < -0.39 is 0 Å². The lowest BCUT2D eigenvalue weighted by Crippen LogP contribution is -2.50. The Bertz CT molecular complexity index is 369. The number of likely N-dealkylation sites (N-methyl/N-ethyl adjacent to an activating group) is 1. The van der Waals surface area contributed by atoms with E-state index >= 15 is 0 Å². The summed E-state index contributed by atoms with van der Waals surface area (Å²) >= 11 is 0. The van der Waals surface area contributed by atoms with E-state index in [0.29, 0.717) is 6.04 Å². The van der Waals surface area contributed by atoms with E-state index in [-0.39, 0.29) is 24.8 Å². The predicted molar refractivity (Wildman–Crippen MR) is 83.4 cm³/mol. The lowest BCUT2D eigenvalue weighted by Gasteiger charge is -2.33. The summed E-state index contributed by atoms with van der Waals surface area (Å²) in [6, 6.07) is 7.49. The van der Waals surface area contributed by atoms with Crippen molar-refractivity contribution in [3.63, 3.8) is 0 Å². The molecule has 0 saturated carbocycles. The number of halogens is 2. The van der Waals surface area contributed by atoms with Gasteiger partial charge in [0.1, 0.15) is 0 Å². The second kappa shape index (κ2) is 8.00. The molecular weight excluding hydrogens is 267 g/mol. The van der Waals surface area contributed by atoms with E-state index in [1.807, 2.05) is 0 Å². The summed E-state index contributed by atoms with van der Waals surface area (Å²) in [5, 5.41) is 3.47. The van der Waals surface area contributed by atoms with E-state index in [0.717, 1.165) is 26.1 Å². The molecule has 4 heteroatoms. The van der Waals surface area contributed by atoms with Gasteiger partial charge in [-0.05, 0) is 44.0 Å². The van der Waals surface area contributed by atoms with Crippen molar-refractivity contribution in [1.82, 2.24) is 10.2 Å². The van der Waals surface area contributed by atoms with Gasteiger partial charge in [0.05, 0.1) is 0 Å². The highest BCUT2D eigenvalue weighted by Crippen LogP contribution is 2.14. The first-order valence-electron chi connectivity index (χ1n) is 6.14. The molecule has 1 aromatic rings. The Labute approximate surface area is 123 Å². The van der Waals surface area contributed by atoms with Gasteiger partial charge >= 0.3 is 0 Å². The van der Waals surface area contributed by atoms with Crippen LogP contribution in [0.15, 0.2) is 18.2 Å². The molecule has 1 N–H and O–H groups in total. The Morgan fingerprint density at radius 3 is 2.56 bits per heavy atom. The minimum Gasteiger partial charge on any atom is -0.314 e. The zero-order chi connectivity index (χ0) is 11.5. The molecule has 0 aliphatic carbocycles. The highest BCUT2D eigenvalue weighted by atomic mass is 35.5. The lowest BCUT2D eigenvalue weighted by atomic mass is 9.99. The summed E-state index contributed by atoms with van der Waals surface area (Å²) in [5.74, 6) is 0. The largest absolute Gasteiger partial charge is 0.314 e. The first-order chi connectivity index (χ1) is 7.66. The second-order valence-electron chi connectivity index (χ2n) is 4.96. The van der Waals surface area contributed by atoms with Gasteiger partial charge in [0.15, 0.2) is 0 Å². The third kappa shape index (κ3) is 4.43. The SMILES string of the molecule is Cc1ccc(C[C@@H]2CNCCN2C)cc1C.Cl.Cl. The number of piperazine rings is 1. The summed E-state index contributed by atoms with van der Waals surface area (Å²) in [4.78, 5) is 2.46. The standard InChI is InChI=1S/C14H22N2.2ClH/c1-11-4-5-13(8-12(11)2)9-14-10-15-6-7-16(14)3;;/h4-5,8,14-15H,6-7,9-10H2,1-3H3;2*1H/t14-;;/m1../s1. The molecule has 0 spiro atoms. The van der Waals surface area contributed by atoms with Crippen LogP contribution in [0.3, 0.4) is 0 Å². The predicted octanol–water partition coefficient (Wildman–Crippen LogP) is 2.59. The highest BCUT2D eigenvalue weighted by molar-refractivity contribution is 5.85. The molecule has 2 rings (SSSR count). The molecule has 1 aromatic carbocycles. The maximum atomic E-state index is 3.47. The molecule has 18 heavy (non-hydrogen) atoms. The number of rotatable bonds is 2. The minimum absolute atomic E-state index is 0. The van der Waals surface area contributed by atoms with Crippen LogP contribution in [0.1, 0.15) is 16.7 Å². The maximum Gasteiger partial charge on any atom is 0.0258 e. The van der Waals surface area contributed by atoms with E-state index in [1.54, 1.807) is 0 Å². The number of hydrogen-bond acceptors (Lipinski definition) is 2. The molecule has 2 nitrogen and oxygen atoms in total. The van der Waals surface area contributed by atoms with Gasteiger partial charge in [-0.3, -0.25) is 0 Å². The van der Waals surface area contributed by atoms with Gasteiger partial charge in [0.2, 0.25) is 0 Å². The van der Waals surface area contributed by atoms with Crippen molar-refractivity contribution in [2.45, 2.75) is 26.3 Å². The molecule has 0 radical (unpaired) electrons. The fourth-order valence-corrected chi connectivity index (χ4v) is 2.29. The second-order valence-corrected chi connectivity index (χ2v) is 4.96. The van der Waals surface area contributed by atoms with Gasteiger partial charge in [-0.2, -0.15) is 0 Å². The molecular formula is C14H24Cl2N2. The third-order valence-electron chi connectivity index (χ3n) is 3.69. The van der Waals surface area contributed by atoms with Crippen molar-refractivity contribution in [1.29, 1.82) is 0 Å². The minimum atomic E-state index is 0. The molecule has 1 aliphatic rings. The Morgan fingerprint density at radius 2 is 1.94 bits per heavy atom. The first kappa shape index (κ1) is 17.7. The topological polar surface area (TPSA) is 15.3 Å². The molecule has 0 aromatic heterocycles. The maximum absolute atomic E-state index is 3.47. The molecule has 1 atom stereocenters. The Hall–Kier alpha value is -0.280. The van der Waals surface area contributed by atoms with Crippen LogP contribution in [0, 0.1) is 13.8 Å². The van der Waals surface area contributed by atoms with Gasteiger partial charge in [-0.25, -0.2) is 0 Å². The number of hydrogen-bond donors (Lipinski definition) is 1. The number of nitrogens with one attached hydrogen (secondary N) is 1. The van der Waals surface area contributed by atoms with Crippen molar-refractivity contribution in [2.24, 2.45) is 0 Å². The van der Waals surface area contributed by atoms with Crippen LogP contribution < -0.4 is 5.32 Å². The van der Waals surface area contributed by atoms with Crippen LogP contribution in [-0.4, -0.2) is 37.6 Å². The fourth-order valence-electron chi connectivity index (χ4n) is 2.29. The highest BCUT2D eigenvalue weighted by Gasteiger charge is 2.18. The van der Waals surface area contributed by atoms with Crippen LogP contribution in [0.25, 0.3) is 0 Å². The third-order valence-corrected chi connectivity index (χ3v) is 3.69. The number of nitrogens with zero attached hydrogens (tertiary/aromatic N) is 1. The van der Waals surface area contributed by atoms with Gasteiger partial charge in [0, 0.05) is 25.7 Å². The molecule has 1 heterocycles. The van der Waals surface area contributed by atoms with Crippen molar-refractivity contribution in [2.75, 3.05) is 26.7 Å². The van der Waals surface area contributed by atoms with E-state index in [1.165, 1.54) is 16.7 Å². The lowest BCUT2D eigenvalue weighted by molar-refractivity contribution is 0.199. The monoisotopic (exact) mass is 290 g/mol. The van der Waals surface area contributed by atoms with Crippen LogP contribution in [0.4, 0.5) is 0 Å². The zero-order valence-electron chi connectivity index (χ0n) is 11.4. The summed E-state index contributed by atoms with van der Waals surface area (Å²) in [5.41, 5.74) is 4.26. The Morgan fingerprint density at radius 1 is 1.22 bits per heavy atom. The van der Waals surface area contributed by atoms with Crippen molar-refractivity contribution in [3.8, 4) is 0 Å². The van der Waals surface area contributed by atoms with Crippen LogP contribution >= 0.6 is 24.8 Å². The summed E-state index contributed by atoms with van der Waals surface area (Å²) < 4.78 is 0. The normalized spacial score (nSPS) is 19.8. The summed E-state index contributed by atoms with van der Waals surface area (Å²) in [6.07, 6.45) is 1.16. The average molecular weight is 291 g/mol. The van der Waals surface area contributed by atoms with Crippen LogP contribution in [-0.2, 0) is 6.42 Å². The van der Waals surface area contributed by atoms with Crippen molar-refractivity contribution < 1.29 is 0 Å². The van der Waals surface area contributed by atoms with Crippen LogP contribution in [0.2, 0.25) is 0 Å². The molecule has 0 bridgehead atoms. The zero-order valence-corrected chi connectivity index (χ0v) is 13.0. The number of aryl methyl sites for hydroxylation is 2. The quantitative estimate of drug-likeness (QED) is 0.901. The van der Waals surface area contributed by atoms with E-state index in [9.17, 15) is 0 Å². The van der Waals surface area contributed by atoms with Gasteiger partial charge in [-0.15, -0.1) is 24.8 Å². The van der Waals surface area contributed by atoms with Crippen molar-refractivity contribution in [3.05, 3.63) is 34.9 Å². The number of benzene rings is 1. The average Bonchev–Trinajstić information content (AvgIpc) is 2.27. The van der Waals surface area contributed by atoms with Gasteiger partial charge in [-0.1, -0.05) is 18.2 Å². The van der Waals surface area contributed by atoms with E-state index in [2.05, 4.69) is 49.3 Å². The molecule has 1 fully saturated rings. The van der Waals surface area contributed by atoms with Crippen LogP contribution in [0.5, 0.6) is 0 Å². The molecule has 0 unspecified atom stereocenters. The molecule has 1 aliphatic heterocycles. The Balaban J connectivity index is 0.00000144. The summed E-state index contributed by atoms with van der Waals surface area (Å²) in [7, 11) is 2.23.